The summed E-state index contributed by atoms with van der Waals surface area (Å²) in [5.41, 5.74) is 2.64. The van der Waals surface area contributed by atoms with Crippen molar-refractivity contribution in [3.05, 3.63) is 77.9 Å². The van der Waals surface area contributed by atoms with E-state index in [1.54, 1.807) is 22.8 Å². The Kier molecular flexibility index (Phi) is 9.07. The van der Waals surface area contributed by atoms with Gasteiger partial charge in [-0.05, 0) is 56.2 Å². The van der Waals surface area contributed by atoms with Crippen LogP contribution in [-0.4, -0.2) is 101 Å². The Balaban J connectivity index is 1.59. The van der Waals surface area contributed by atoms with Crippen LogP contribution in [0.5, 0.6) is 5.75 Å². The van der Waals surface area contributed by atoms with Crippen molar-refractivity contribution in [3.8, 4) is 5.75 Å². The molecule has 2 amide bonds. The highest BCUT2D eigenvalue weighted by molar-refractivity contribution is 5.94. The summed E-state index contributed by atoms with van der Waals surface area (Å²) in [5, 5.41) is 10.3. The van der Waals surface area contributed by atoms with E-state index in [2.05, 4.69) is 36.3 Å². The molecular weight excluding hydrogens is 480 g/mol. The second-order valence-corrected chi connectivity index (χ2v) is 10.2. The van der Waals surface area contributed by atoms with Gasteiger partial charge >= 0.3 is 6.09 Å². The molecule has 2 aromatic carbocycles. The van der Waals surface area contributed by atoms with Gasteiger partial charge in [0.05, 0.1) is 12.6 Å². The number of hydrogen-bond acceptors (Lipinski definition) is 6. The maximum atomic E-state index is 13.5. The van der Waals surface area contributed by atoms with Crippen LogP contribution in [0.25, 0.3) is 0 Å². The molecule has 2 aliphatic heterocycles. The zero-order valence-electron chi connectivity index (χ0n) is 22.8. The van der Waals surface area contributed by atoms with Crippen LogP contribution in [-0.2, 0) is 4.74 Å². The number of phenolic OH excluding ortho intramolecular Hbond substituents is 1. The summed E-state index contributed by atoms with van der Waals surface area (Å²) >= 11 is 0. The van der Waals surface area contributed by atoms with Crippen LogP contribution in [0.1, 0.15) is 48.3 Å². The topological polar surface area (TPSA) is 76.6 Å². The van der Waals surface area contributed by atoms with E-state index >= 15 is 0 Å². The lowest BCUT2D eigenvalue weighted by atomic mass is 9.92. The average Bonchev–Trinajstić information content (AvgIpc) is 2.92. The molecule has 2 aliphatic rings. The predicted octanol–water partition coefficient (Wildman–Crippen LogP) is 3.98. The standard InChI is InChI=1S/C30H40N4O4/c1-5-13-33-20-23(4)34(21-22(33)3)28(25-10-8-12-27(35)19-25)24-9-7-11-26(18-24)29(36)31-14-16-32(17-15-31)30(37)38-6-2/h5,7-12,18-19,22-23,28,35H,1,6,13-17,20-21H2,2-4H3/t22-,23+,28?/m1/s1. The van der Waals surface area contributed by atoms with Gasteiger partial charge in [-0.1, -0.05) is 30.3 Å². The van der Waals surface area contributed by atoms with Gasteiger partial charge in [0, 0.05) is 63.5 Å². The number of carbonyl (C=O) groups is 2. The lowest BCUT2D eigenvalue weighted by Crippen LogP contribution is -2.57. The molecule has 0 saturated carbocycles. The van der Waals surface area contributed by atoms with Gasteiger partial charge in [-0.15, -0.1) is 6.58 Å². The fourth-order valence-corrected chi connectivity index (χ4v) is 5.61. The molecule has 2 fully saturated rings. The molecule has 0 aromatic heterocycles. The summed E-state index contributed by atoms with van der Waals surface area (Å²) in [4.78, 5) is 33.9. The Morgan fingerprint density at radius 3 is 2.32 bits per heavy atom. The third kappa shape index (κ3) is 6.19. The number of benzene rings is 2. The van der Waals surface area contributed by atoms with E-state index in [1.165, 1.54) is 0 Å². The lowest BCUT2D eigenvalue weighted by molar-refractivity contribution is 0.0306. The second-order valence-electron chi connectivity index (χ2n) is 10.2. The van der Waals surface area contributed by atoms with Gasteiger partial charge in [-0.25, -0.2) is 4.79 Å². The summed E-state index contributed by atoms with van der Waals surface area (Å²) in [7, 11) is 0. The van der Waals surface area contributed by atoms with Crippen molar-refractivity contribution in [1.29, 1.82) is 0 Å². The molecule has 0 aliphatic carbocycles. The fraction of sp³-hybridized carbons (Fsp3) is 0.467. The number of phenols is 1. The Labute approximate surface area is 226 Å². The third-order valence-corrected chi connectivity index (χ3v) is 7.59. The minimum Gasteiger partial charge on any atom is -0.508 e. The molecule has 1 unspecified atom stereocenters. The zero-order chi connectivity index (χ0) is 27.2. The van der Waals surface area contributed by atoms with Crippen LogP contribution in [0.3, 0.4) is 0 Å². The first-order valence-corrected chi connectivity index (χ1v) is 13.5. The molecule has 8 nitrogen and oxygen atoms in total. The zero-order valence-corrected chi connectivity index (χ0v) is 22.8. The Morgan fingerprint density at radius 2 is 1.66 bits per heavy atom. The molecule has 2 heterocycles. The van der Waals surface area contributed by atoms with Crippen molar-refractivity contribution in [3.63, 3.8) is 0 Å². The first-order chi connectivity index (χ1) is 18.3. The maximum absolute atomic E-state index is 13.5. The Morgan fingerprint density at radius 1 is 1.00 bits per heavy atom. The highest BCUT2D eigenvalue weighted by atomic mass is 16.6. The lowest BCUT2D eigenvalue weighted by Gasteiger charge is -2.47. The van der Waals surface area contributed by atoms with E-state index in [4.69, 9.17) is 4.74 Å². The molecular formula is C30H40N4O4. The monoisotopic (exact) mass is 520 g/mol. The number of rotatable bonds is 7. The van der Waals surface area contributed by atoms with Crippen LogP contribution in [0, 0.1) is 0 Å². The molecule has 38 heavy (non-hydrogen) atoms. The summed E-state index contributed by atoms with van der Waals surface area (Å²) in [5.74, 6) is 0.187. The molecule has 0 spiro atoms. The average molecular weight is 521 g/mol. The Hall–Kier alpha value is -3.36. The first-order valence-electron chi connectivity index (χ1n) is 13.5. The van der Waals surface area contributed by atoms with E-state index in [0.29, 0.717) is 44.4 Å². The van der Waals surface area contributed by atoms with Gasteiger partial charge in [-0.2, -0.15) is 0 Å². The second kappa shape index (κ2) is 12.5. The molecule has 2 aromatic rings. The summed E-state index contributed by atoms with van der Waals surface area (Å²) in [6.45, 7) is 15.0. The van der Waals surface area contributed by atoms with E-state index in [0.717, 1.165) is 30.8 Å². The molecule has 2 saturated heterocycles. The third-order valence-electron chi connectivity index (χ3n) is 7.59. The number of ether oxygens (including phenoxy) is 1. The quantitative estimate of drug-likeness (QED) is 0.557. The van der Waals surface area contributed by atoms with Gasteiger partial charge < -0.3 is 19.6 Å². The fourth-order valence-electron chi connectivity index (χ4n) is 5.61. The maximum Gasteiger partial charge on any atom is 0.409 e. The highest BCUT2D eigenvalue weighted by Crippen LogP contribution is 2.35. The molecule has 3 atom stereocenters. The van der Waals surface area contributed by atoms with Crippen LogP contribution in [0.15, 0.2) is 61.2 Å². The highest BCUT2D eigenvalue weighted by Gasteiger charge is 2.35. The van der Waals surface area contributed by atoms with Crippen molar-refractivity contribution >= 4 is 12.0 Å². The van der Waals surface area contributed by atoms with Crippen molar-refractivity contribution < 1.29 is 19.4 Å². The molecule has 0 radical (unpaired) electrons. The minimum absolute atomic E-state index is 0.0396. The largest absolute Gasteiger partial charge is 0.508 e. The number of aromatic hydroxyl groups is 1. The van der Waals surface area contributed by atoms with Gasteiger partial charge in [0.25, 0.3) is 5.91 Å². The van der Waals surface area contributed by atoms with Crippen LogP contribution >= 0.6 is 0 Å². The number of hydrogen-bond donors (Lipinski definition) is 1. The van der Waals surface area contributed by atoms with Crippen molar-refractivity contribution in [2.45, 2.75) is 38.9 Å². The van der Waals surface area contributed by atoms with Crippen molar-refractivity contribution in [2.24, 2.45) is 0 Å². The van der Waals surface area contributed by atoms with Crippen LogP contribution in [0.2, 0.25) is 0 Å². The van der Waals surface area contributed by atoms with Crippen LogP contribution in [0.4, 0.5) is 4.79 Å². The smallest absolute Gasteiger partial charge is 0.409 e. The number of nitrogens with zero attached hydrogens (tertiary/aromatic N) is 4. The van der Waals surface area contributed by atoms with Gasteiger partial charge in [0.15, 0.2) is 0 Å². The van der Waals surface area contributed by atoms with Crippen molar-refractivity contribution in [1.82, 2.24) is 19.6 Å². The molecule has 1 N–H and O–H groups in total. The summed E-state index contributed by atoms with van der Waals surface area (Å²) in [6.07, 6.45) is 1.62. The van der Waals surface area contributed by atoms with Gasteiger partial charge in [0.1, 0.15) is 5.75 Å². The SMILES string of the molecule is C=CCN1C[C@H](C)N(C(c2cccc(O)c2)c2cccc(C(=O)N3CCN(C(=O)OCC)CC3)c2)C[C@H]1C. The molecule has 8 heteroatoms. The molecule has 204 valence electrons. The summed E-state index contributed by atoms with van der Waals surface area (Å²) < 4.78 is 5.10. The van der Waals surface area contributed by atoms with E-state index in [-0.39, 0.29) is 29.8 Å². The number of carbonyl (C=O) groups excluding carboxylic acids is 2. The molecule has 4 rings (SSSR count). The Bertz CT molecular complexity index is 1130. The minimum atomic E-state index is -0.327. The van der Waals surface area contributed by atoms with Crippen molar-refractivity contribution in [2.75, 3.05) is 52.4 Å². The number of amides is 2. The predicted molar refractivity (Wildman–Crippen MR) is 148 cm³/mol. The normalized spacial score (nSPS) is 21.7. The molecule has 0 bridgehead atoms. The van der Waals surface area contributed by atoms with E-state index in [9.17, 15) is 14.7 Å². The van der Waals surface area contributed by atoms with Gasteiger partial charge in [0.2, 0.25) is 0 Å². The summed E-state index contributed by atoms with van der Waals surface area (Å²) in [6, 6.07) is 15.8. The number of piperazine rings is 2. The van der Waals surface area contributed by atoms with E-state index < -0.39 is 0 Å². The first kappa shape index (κ1) is 27.7. The van der Waals surface area contributed by atoms with Gasteiger partial charge in [-0.3, -0.25) is 14.6 Å². The van der Waals surface area contributed by atoms with Crippen LogP contribution < -0.4 is 0 Å². The van der Waals surface area contributed by atoms with E-state index in [1.807, 2.05) is 42.5 Å².